The largest absolute Gasteiger partial charge is 0.378 e. The van der Waals surface area contributed by atoms with Crippen LogP contribution in [0.1, 0.15) is 16.0 Å². The second-order valence-electron chi connectivity index (χ2n) is 7.74. The first-order valence-corrected chi connectivity index (χ1v) is 10.5. The molecule has 0 saturated carbocycles. The van der Waals surface area contributed by atoms with Crippen LogP contribution < -0.4 is 9.80 Å². The van der Waals surface area contributed by atoms with Crippen molar-refractivity contribution in [2.75, 3.05) is 38.0 Å². The summed E-state index contributed by atoms with van der Waals surface area (Å²) in [4.78, 5) is 5.05. The van der Waals surface area contributed by atoms with E-state index in [2.05, 4.69) is 52.3 Å². The molecule has 4 heteroatoms. The maximum atomic E-state index is 12.2. The van der Waals surface area contributed by atoms with Gasteiger partial charge in [0.1, 0.15) is 5.60 Å². The van der Waals surface area contributed by atoms with Crippen LogP contribution in [0.2, 0.25) is 0 Å². The van der Waals surface area contributed by atoms with Crippen LogP contribution in [0.15, 0.2) is 78.9 Å². The summed E-state index contributed by atoms with van der Waals surface area (Å²) in [5.41, 5.74) is 2.74. The van der Waals surface area contributed by atoms with Crippen LogP contribution in [0, 0.1) is 0 Å². The monoisotopic (exact) mass is 402 g/mol. The molecule has 0 atom stereocenters. The van der Waals surface area contributed by atoms with Gasteiger partial charge in [-0.1, -0.05) is 42.5 Å². The standard InChI is InChI=1S/C25H26N2OS/c1-26(2)21-13-9-19(10-14-21)25(28,20-11-15-22(16-12-20)27(3)4)24-17-18-7-5-6-8-23(18)29-24/h5-17,28H,1-4H3. The molecule has 148 valence electrons. The topological polar surface area (TPSA) is 26.7 Å². The van der Waals surface area contributed by atoms with Crippen molar-refractivity contribution in [3.63, 3.8) is 0 Å². The molecule has 0 spiro atoms. The molecule has 3 nitrogen and oxygen atoms in total. The molecule has 0 amide bonds. The molecule has 0 aliphatic heterocycles. The van der Waals surface area contributed by atoms with Crippen molar-refractivity contribution in [1.29, 1.82) is 0 Å². The maximum absolute atomic E-state index is 12.2. The van der Waals surface area contributed by atoms with Gasteiger partial charge in [0.25, 0.3) is 0 Å². The molecule has 1 heterocycles. The molecule has 0 aliphatic rings. The Kier molecular flexibility index (Phi) is 5.07. The van der Waals surface area contributed by atoms with Gasteiger partial charge < -0.3 is 14.9 Å². The molecule has 0 aliphatic carbocycles. The molecular weight excluding hydrogens is 376 g/mol. The Balaban J connectivity index is 1.90. The van der Waals surface area contributed by atoms with E-state index >= 15 is 0 Å². The van der Waals surface area contributed by atoms with Gasteiger partial charge in [0, 0.05) is 49.1 Å². The van der Waals surface area contributed by atoms with Crippen molar-refractivity contribution in [3.8, 4) is 0 Å². The third-order valence-corrected chi connectivity index (χ3v) is 6.61. The van der Waals surface area contributed by atoms with Gasteiger partial charge in [-0.05, 0) is 52.9 Å². The Morgan fingerprint density at radius 1 is 0.690 bits per heavy atom. The number of nitrogens with zero attached hydrogens (tertiary/aromatic N) is 2. The number of rotatable bonds is 5. The first kappa shape index (κ1) is 19.5. The summed E-state index contributed by atoms with van der Waals surface area (Å²) in [6, 6.07) is 26.7. The third-order valence-electron chi connectivity index (χ3n) is 5.39. The minimum atomic E-state index is -1.21. The summed E-state index contributed by atoms with van der Waals surface area (Å²) in [5, 5.41) is 13.3. The summed E-state index contributed by atoms with van der Waals surface area (Å²) in [7, 11) is 8.08. The predicted molar refractivity (Wildman–Crippen MR) is 125 cm³/mol. The summed E-state index contributed by atoms with van der Waals surface area (Å²) in [6.45, 7) is 0. The lowest BCUT2D eigenvalue weighted by molar-refractivity contribution is 0.130. The Morgan fingerprint density at radius 3 is 1.62 bits per heavy atom. The van der Waals surface area contributed by atoms with Gasteiger partial charge in [-0.2, -0.15) is 0 Å². The van der Waals surface area contributed by atoms with E-state index in [0.29, 0.717) is 0 Å². The molecule has 0 bridgehead atoms. The highest BCUT2D eigenvalue weighted by atomic mass is 32.1. The Labute approximate surface area is 176 Å². The second kappa shape index (κ2) is 7.54. The van der Waals surface area contributed by atoms with E-state index in [1.807, 2.05) is 64.6 Å². The zero-order valence-corrected chi connectivity index (χ0v) is 18.1. The van der Waals surface area contributed by atoms with Gasteiger partial charge in [0.05, 0.1) is 0 Å². The lowest BCUT2D eigenvalue weighted by atomic mass is 9.84. The minimum absolute atomic E-state index is 0.868. The van der Waals surface area contributed by atoms with Crippen molar-refractivity contribution in [2.24, 2.45) is 0 Å². The van der Waals surface area contributed by atoms with Crippen molar-refractivity contribution in [2.45, 2.75) is 5.60 Å². The summed E-state index contributed by atoms with van der Waals surface area (Å²) in [5.74, 6) is 0. The van der Waals surface area contributed by atoms with E-state index in [9.17, 15) is 5.11 Å². The van der Waals surface area contributed by atoms with Gasteiger partial charge in [-0.25, -0.2) is 0 Å². The molecule has 4 aromatic rings. The Bertz CT molecular complexity index is 1030. The zero-order chi connectivity index (χ0) is 20.6. The van der Waals surface area contributed by atoms with Gasteiger partial charge in [0.15, 0.2) is 0 Å². The van der Waals surface area contributed by atoms with Crippen molar-refractivity contribution in [3.05, 3.63) is 94.9 Å². The lowest BCUT2D eigenvalue weighted by Gasteiger charge is -2.29. The number of hydrogen-bond donors (Lipinski definition) is 1. The van der Waals surface area contributed by atoms with E-state index in [4.69, 9.17) is 0 Å². The van der Waals surface area contributed by atoms with E-state index in [-0.39, 0.29) is 0 Å². The van der Waals surface area contributed by atoms with Crippen LogP contribution in [-0.4, -0.2) is 33.3 Å². The summed E-state index contributed by atoms with van der Waals surface area (Å²) < 4.78 is 1.18. The smallest absolute Gasteiger partial charge is 0.149 e. The predicted octanol–water partition coefficient (Wildman–Crippen LogP) is 5.32. The van der Waals surface area contributed by atoms with Gasteiger partial charge in [-0.3, -0.25) is 0 Å². The average Bonchev–Trinajstić information content (AvgIpc) is 3.18. The molecule has 0 saturated heterocycles. The van der Waals surface area contributed by atoms with Crippen LogP contribution >= 0.6 is 11.3 Å². The van der Waals surface area contributed by atoms with Crippen LogP contribution in [-0.2, 0) is 5.60 Å². The fourth-order valence-electron chi connectivity index (χ4n) is 3.61. The van der Waals surface area contributed by atoms with Gasteiger partial charge in [0.2, 0.25) is 0 Å². The van der Waals surface area contributed by atoms with Crippen LogP contribution in [0.4, 0.5) is 11.4 Å². The summed E-state index contributed by atoms with van der Waals surface area (Å²) >= 11 is 1.64. The van der Waals surface area contributed by atoms with E-state index in [1.165, 1.54) is 4.70 Å². The van der Waals surface area contributed by atoms with Gasteiger partial charge >= 0.3 is 0 Å². The van der Waals surface area contributed by atoms with Crippen molar-refractivity contribution in [1.82, 2.24) is 0 Å². The van der Waals surface area contributed by atoms with Crippen LogP contribution in [0.3, 0.4) is 0 Å². The first-order chi connectivity index (χ1) is 13.9. The van der Waals surface area contributed by atoms with E-state index in [0.717, 1.165) is 32.8 Å². The van der Waals surface area contributed by atoms with Crippen LogP contribution in [0.25, 0.3) is 10.1 Å². The fraction of sp³-hybridized carbons (Fsp3) is 0.200. The summed E-state index contributed by atoms with van der Waals surface area (Å²) in [6.07, 6.45) is 0. The molecule has 0 radical (unpaired) electrons. The number of thiophene rings is 1. The highest BCUT2D eigenvalue weighted by molar-refractivity contribution is 7.19. The molecule has 1 aromatic heterocycles. The molecule has 0 fully saturated rings. The number of anilines is 2. The second-order valence-corrected chi connectivity index (χ2v) is 8.83. The molecular formula is C25H26N2OS. The Morgan fingerprint density at radius 2 is 1.17 bits per heavy atom. The number of hydrogen-bond acceptors (Lipinski definition) is 4. The highest BCUT2D eigenvalue weighted by Crippen LogP contribution is 2.43. The first-order valence-electron chi connectivity index (χ1n) is 9.67. The van der Waals surface area contributed by atoms with Crippen LogP contribution in [0.5, 0.6) is 0 Å². The molecule has 0 unspecified atom stereocenters. The van der Waals surface area contributed by atoms with E-state index < -0.39 is 5.60 Å². The lowest BCUT2D eigenvalue weighted by Crippen LogP contribution is -2.28. The number of aliphatic hydroxyl groups is 1. The molecule has 3 aromatic carbocycles. The number of fused-ring (bicyclic) bond motifs is 1. The minimum Gasteiger partial charge on any atom is -0.378 e. The SMILES string of the molecule is CN(C)c1ccc(C(O)(c2ccc(N(C)C)cc2)c2cc3ccccc3s2)cc1. The highest BCUT2D eigenvalue weighted by Gasteiger charge is 2.35. The van der Waals surface area contributed by atoms with Crippen molar-refractivity contribution < 1.29 is 5.11 Å². The maximum Gasteiger partial charge on any atom is 0.149 e. The fourth-order valence-corrected chi connectivity index (χ4v) is 4.81. The van der Waals surface area contributed by atoms with E-state index in [1.54, 1.807) is 11.3 Å². The normalized spacial score (nSPS) is 11.6. The van der Waals surface area contributed by atoms with Gasteiger partial charge in [-0.15, -0.1) is 11.3 Å². The molecule has 29 heavy (non-hydrogen) atoms. The quantitative estimate of drug-likeness (QED) is 0.490. The number of benzene rings is 3. The average molecular weight is 403 g/mol. The molecule has 1 N–H and O–H groups in total. The third kappa shape index (κ3) is 3.50. The zero-order valence-electron chi connectivity index (χ0n) is 17.3. The molecule has 4 rings (SSSR count). The Hall–Kier alpha value is -2.82. The van der Waals surface area contributed by atoms with Crippen molar-refractivity contribution >= 4 is 32.8 Å².